The molecular weight excluding hydrogens is 416 g/mol. The van der Waals surface area contributed by atoms with E-state index in [9.17, 15) is 14.4 Å². The van der Waals surface area contributed by atoms with E-state index in [2.05, 4.69) is 0 Å². The Morgan fingerprint density at radius 2 is 1.52 bits per heavy atom. The van der Waals surface area contributed by atoms with Crippen molar-refractivity contribution in [3.05, 3.63) is 82.7 Å². The Bertz CT molecular complexity index is 1160. The van der Waals surface area contributed by atoms with Crippen LogP contribution in [0.1, 0.15) is 56.3 Å². The quantitative estimate of drug-likeness (QED) is 0.364. The van der Waals surface area contributed by atoms with E-state index in [0.29, 0.717) is 41.2 Å². The van der Waals surface area contributed by atoms with Crippen LogP contribution in [0.5, 0.6) is 0 Å². The van der Waals surface area contributed by atoms with Crippen molar-refractivity contribution in [2.45, 2.75) is 34.2 Å². The number of esters is 1. The lowest BCUT2D eigenvalue weighted by molar-refractivity contribution is 0.0587. The first-order valence-electron chi connectivity index (χ1n) is 11.1. The minimum Gasteiger partial charge on any atom is -0.464 e. The van der Waals surface area contributed by atoms with E-state index in [0.717, 1.165) is 11.1 Å². The molecule has 0 aliphatic heterocycles. The number of aromatic nitrogens is 1. The Labute approximate surface area is 194 Å². The first-order valence-corrected chi connectivity index (χ1v) is 11.1. The molecule has 0 unspecified atom stereocenters. The van der Waals surface area contributed by atoms with Gasteiger partial charge in [-0.2, -0.15) is 0 Å². The molecule has 0 spiro atoms. The molecule has 3 rings (SSSR count). The van der Waals surface area contributed by atoms with Gasteiger partial charge >= 0.3 is 5.97 Å². The third kappa shape index (κ3) is 4.75. The molecule has 1 aromatic heterocycles. The predicted octanol–water partition coefficient (Wildman–Crippen LogP) is 4.92. The molecular formula is C27H30N2O4. The van der Waals surface area contributed by atoms with Gasteiger partial charge in [-0.25, -0.2) is 4.79 Å². The summed E-state index contributed by atoms with van der Waals surface area (Å²) in [6.07, 6.45) is 0. The number of benzene rings is 2. The van der Waals surface area contributed by atoms with Crippen LogP contribution in [-0.2, 0) is 11.3 Å². The van der Waals surface area contributed by atoms with Gasteiger partial charge in [0.2, 0.25) is 0 Å². The molecule has 1 amide bonds. The number of rotatable bonds is 8. The molecule has 3 aromatic rings. The van der Waals surface area contributed by atoms with Crippen LogP contribution in [0.15, 0.2) is 54.6 Å². The van der Waals surface area contributed by atoms with Gasteiger partial charge in [0, 0.05) is 29.9 Å². The van der Waals surface area contributed by atoms with Crippen LogP contribution in [0.4, 0.5) is 0 Å². The van der Waals surface area contributed by atoms with Crippen LogP contribution >= 0.6 is 0 Å². The molecule has 33 heavy (non-hydrogen) atoms. The number of likely N-dealkylation sites (N-methyl/N-ethyl adjacent to an activating group) is 1. The minimum absolute atomic E-state index is 0.0637. The Kier molecular flexibility index (Phi) is 7.48. The van der Waals surface area contributed by atoms with Gasteiger partial charge in [-0.05, 0) is 56.5 Å². The van der Waals surface area contributed by atoms with Gasteiger partial charge in [-0.1, -0.05) is 42.5 Å². The molecule has 0 aliphatic rings. The second-order valence-corrected chi connectivity index (χ2v) is 7.86. The number of Topliss-reactive ketones (excluding diaryl/α,β-unsaturated/α-hetero) is 1. The van der Waals surface area contributed by atoms with Crippen LogP contribution in [0.2, 0.25) is 0 Å². The smallest absolute Gasteiger partial charge is 0.354 e. The monoisotopic (exact) mass is 446 g/mol. The van der Waals surface area contributed by atoms with Gasteiger partial charge in [0.25, 0.3) is 5.91 Å². The van der Waals surface area contributed by atoms with E-state index < -0.39 is 5.97 Å². The molecule has 2 aromatic carbocycles. The van der Waals surface area contributed by atoms with Gasteiger partial charge in [0.15, 0.2) is 5.78 Å². The van der Waals surface area contributed by atoms with E-state index in [1.807, 2.05) is 63.2 Å². The summed E-state index contributed by atoms with van der Waals surface area (Å²) >= 11 is 0. The zero-order valence-corrected chi connectivity index (χ0v) is 19.8. The van der Waals surface area contributed by atoms with Crippen LogP contribution < -0.4 is 0 Å². The maximum Gasteiger partial charge on any atom is 0.354 e. The van der Waals surface area contributed by atoms with Gasteiger partial charge in [0.05, 0.1) is 13.7 Å². The molecule has 0 atom stereocenters. The number of carbonyl (C=O) groups excluding carboxylic acids is 3. The number of hydrogen-bond donors (Lipinski definition) is 0. The van der Waals surface area contributed by atoms with Crippen LogP contribution in [-0.4, -0.2) is 47.3 Å². The fourth-order valence-electron chi connectivity index (χ4n) is 4.26. The number of ether oxygens (including phenoxy) is 1. The SMILES string of the molecule is CCN(CC(=O)c1c(C)c(C(=O)OC)n(CC)c1C)C(=O)c1ccc(-c2ccccc2)cc1. The van der Waals surface area contributed by atoms with Gasteiger partial charge in [-0.15, -0.1) is 0 Å². The van der Waals surface area contributed by atoms with E-state index in [4.69, 9.17) is 4.74 Å². The molecule has 0 radical (unpaired) electrons. The molecule has 0 saturated heterocycles. The summed E-state index contributed by atoms with van der Waals surface area (Å²) < 4.78 is 6.70. The first kappa shape index (κ1) is 24.0. The van der Waals surface area contributed by atoms with E-state index in [1.165, 1.54) is 12.0 Å². The van der Waals surface area contributed by atoms with Crippen molar-refractivity contribution < 1.29 is 19.1 Å². The van der Waals surface area contributed by atoms with Crippen LogP contribution in [0, 0.1) is 13.8 Å². The van der Waals surface area contributed by atoms with E-state index in [1.54, 1.807) is 23.6 Å². The zero-order valence-electron chi connectivity index (χ0n) is 19.8. The first-order chi connectivity index (χ1) is 15.8. The maximum atomic E-state index is 13.3. The Hall–Kier alpha value is -3.67. The number of methoxy groups -OCH3 is 1. The molecule has 0 N–H and O–H groups in total. The van der Waals surface area contributed by atoms with Crippen molar-refractivity contribution in [3.8, 4) is 11.1 Å². The van der Waals surface area contributed by atoms with Crippen molar-refractivity contribution in [3.63, 3.8) is 0 Å². The highest BCUT2D eigenvalue weighted by molar-refractivity contribution is 6.06. The summed E-state index contributed by atoms with van der Waals surface area (Å²) in [7, 11) is 1.33. The van der Waals surface area contributed by atoms with Crippen LogP contribution in [0.25, 0.3) is 11.1 Å². The number of nitrogens with zero attached hydrogens (tertiary/aromatic N) is 2. The zero-order chi connectivity index (χ0) is 24.1. The molecule has 0 bridgehead atoms. The summed E-state index contributed by atoms with van der Waals surface area (Å²) in [4.78, 5) is 40.2. The van der Waals surface area contributed by atoms with Gasteiger partial charge in [0.1, 0.15) is 5.69 Å². The number of hydrogen-bond acceptors (Lipinski definition) is 4. The molecule has 6 nitrogen and oxygen atoms in total. The Balaban J connectivity index is 1.84. The second kappa shape index (κ2) is 10.3. The lowest BCUT2D eigenvalue weighted by Gasteiger charge is -2.20. The van der Waals surface area contributed by atoms with Crippen molar-refractivity contribution in [1.82, 2.24) is 9.47 Å². The predicted molar refractivity (Wildman–Crippen MR) is 129 cm³/mol. The van der Waals surface area contributed by atoms with E-state index in [-0.39, 0.29) is 18.2 Å². The average molecular weight is 447 g/mol. The number of amides is 1. The molecule has 0 fully saturated rings. The highest BCUT2D eigenvalue weighted by atomic mass is 16.5. The fourth-order valence-corrected chi connectivity index (χ4v) is 4.26. The van der Waals surface area contributed by atoms with Crippen molar-refractivity contribution in [2.24, 2.45) is 0 Å². The summed E-state index contributed by atoms with van der Waals surface area (Å²) in [5.74, 6) is -0.874. The summed E-state index contributed by atoms with van der Waals surface area (Å²) in [6, 6.07) is 17.3. The number of ketones is 1. The molecule has 172 valence electrons. The van der Waals surface area contributed by atoms with Crippen LogP contribution in [0.3, 0.4) is 0 Å². The third-order valence-electron chi connectivity index (χ3n) is 5.98. The third-order valence-corrected chi connectivity index (χ3v) is 5.98. The highest BCUT2D eigenvalue weighted by Crippen LogP contribution is 2.25. The molecule has 0 saturated carbocycles. The maximum absolute atomic E-state index is 13.3. The Morgan fingerprint density at radius 1 is 0.909 bits per heavy atom. The standard InChI is InChI=1S/C27H30N2O4/c1-6-28(26(31)22-15-13-21(14-16-22)20-11-9-8-10-12-20)17-23(30)24-18(3)25(27(32)33-5)29(7-2)19(24)4/h8-16H,6-7,17H2,1-5H3. The molecule has 0 aliphatic carbocycles. The van der Waals surface area contributed by atoms with E-state index >= 15 is 0 Å². The minimum atomic E-state index is -0.474. The fraction of sp³-hybridized carbons (Fsp3) is 0.296. The van der Waals surface area contributed by atoms with Crippen molar-refractivity contribution >= 4 is 17.7 Å². The molecule has 6 heteroatoms. The number of carbonyl (C=O) groups is 3. The summed E-state index contributed by atoms with van der Waals surface area (Å²) in [6.45, 7) is 8.19. The van der Waals surface area contributed by atoms with Gasteiger partial charge < -0.3 is 14.2 Å². The average Bonchev–Trinajstić information content (AvgIpc) is 3.11. The summed E-state index contributed by atoms with van der Waals surface area (Å²) in [5, 5.41) is 0. The normalized spacial score (nSPS) is 10.7. The Morgan fingerprint density at radius 3 is 2.06 bits per heavy atom. The lowest BCUT2D eigenvalue weighted by atomic mass is 10.0. The highest BCUT2D eigenvalue weighted by Gasteiger charge is 2.28. The van der Waals surface area contributed by atoms with Gasteiger partial charge in [-0.3, -0.25) is 9.59 Å². The second-order valence-electron chi connectivity index (χ2n) is 7.86. The largest absolute Gasteiger partial charge is 0.464 e. The lowest BCUT2D eigenvalue weighted by Crippen LogP contribution is -2.35. The molecule has 1 heterocycles. The topological polar surface area (TPSA) is 68.6 Å². The van der Waals surface area contributed by atoms with Crippen molar-refractivity contribution in [1.29, 1.82) is 0 Å². The van der Waals surface area contributed by atoms with Crippen molar-refractivity contribution in [2.75, 3.05) is 20.2 Å². The summed E-state index contributed by atoms with van der Waals surface area (Å²) in [5.41, 5.74) is 4.77.